The molecule has 1 rings (SSSR count). The van der Waals surface area contributed by atoms with Crippen LogP contribution in [0.4, 0.5) is 4.39 Å². The van der Waals surface area contributed by atoms with Crippen molar-refractivity contribution in [3.05, 3.63) is 51.7 Å². The average Bonchev–Trinajstić information content (AvgIpc) is 2.23. The topological polar surface area (TPSA) is 48.8 Å². The van der Waals surface area contributed by atoms with Gasteiger partial charge in [-0.2, -0.15) is 0 Å². The summed E-state index contributed by atoms with van der Waals surface area (Å²) in [6.07, 6.45) is 4.38. The Hall–Kier alpha value is -1.80. The van der Waals surface area contributed by atoms with Crippen LogP contribution in [-0.4, -0.2) is 6.54 Å². The maximum absolute atomic E-state index is 12.9. The van der Waals surface area contributed by atoms with Crippen molar-refractivity contribution >= 4 is 6.08 Å². The van der Waals surface area contributed by atoms with Gasteiger partial charge in [0.15, 0.2) is 0 Å². The van der Waals surface area contributed by atoms with E-state index in [4.69, 9.17) is 5.53 Å². The van der Waals surface area contributed by atoms with Crippen LogP contribution in [0.1, 0.15) is 17.5 Å². The Kier molecular flexibility index (Phi) is 4.38. The second kappa shape index (κ2) is 5.83. The van der Waals surface area contributed by atoms with Gasteiger partial charge in [-0.25, -0.2) is 4.39 Å². The number of benzene rings is 1. The molecule has 0 saturated heterocycles. The molecular formula is C11H12FN3. The first-order chi connectivity index (χ1) is 7.24. The molecule has 0 spiro atoms. The number of hydrogen-bond acceptors (Lipinski definition) is 1. The maximum Gasteiger partial charge on any atom is 0.123 e. The summed E-state index contributed by atoms with van der Waals surface area (Å²) in [7, 11) is 0. The van der Waals surface area contributed by atoms with Gasteiger partial charge in [-0.3, -0.25) is 0 Å². The predicted octanol–water partition coefficient (Wildman–Crippen LogP) is 3.85. The third kappa shape index (κ3) is 3.83. The number of halogens is 1. The van der Waals surface area contributed by atoms with Crippen LogP contribution in [0, 0.1) is 12.7 Å². The van der Waals surface area contributed by atoms with E-state index >= 15 is 0 Å². The number of rotatable bonds is 4. The fraction of sp³-hybridized carbons (Fsp3) is 0.273. The van der Waals surface area contributed by atoms with Gasteiger partial charge < -0.3 is 0 Å². The summed E-state index contributed by atoms with van der Waals surface area (Å²) in [4.78, 5) is 2.64. The van der Waals surface area contributed by atoms with Crippen molar-refractivity contribution in [1.29, 1.82) is 0 Å². The summed E-state index contributed by atoms with van der Waals surface area (Å²) < 4.78 is 12.9. The van der Waals surface area contributed by atoms with Gasteiger partial charge in [0.05, 0.1) is 0 Å². The van der Waals surface area contributed by atoms with Gasteiger partial charge >= 0.3 is 0 Å². The Bertz CT molecular complexity index is 406. The third-order valence-corrected chi connectivity index (χ3v) is 2.00. The van der Waals surface area contributed by atoms with E-state index in [0.29, 0.717) is 13.0 Å². The highest BCUT2D eigenvalue weighted by molar-refractivity contribution is 5.53. The number of hydrogen-bond donors (Lipinski definition) is 0. The Morgan fingerprint density at radius 1 is 1.53 bits per heavy atom. The molecule has 1 aromatic rings. The van der Waals surface area contributed by atoms with E-state index in [2.05, 4.69) is 10.0 Å². The fourth-order valence-corrected chi connectivity index (χ4v) is 1.18. The third-order valence-electron chi connectivity index (χ3n) is 2.00. The molecular weight excluding hydrogens is 193 g/mol. The van der Waals surface area contributed by atoms with Crippen molar-refractivity contribution in [2.24, 2.45) is 5.11 Å². The molecule has 1 aromatic carbocycles. The van der Waals surface area contributed by atoms with Crippen LogP contribution in [0.15, 0.2) is 29.4 Å². The van der Waals surface area contributed by atoms with Gasteiger partial charge in [-0.15, -0.1) is 0 Å². The largest absolute Gasteiger partial charge is 0.207 e. The highest BCUT2D eigenvalue weighted by atomic mass is 19.1. The highest BCUT2D eigenvalue weighted by Gasteiger charge is 1.95. The molecule has 0 aliphatic heterocycles. The molecule has 0 saturated carbocycles. The quantitative estimate of drug-likeness (QED) is 0.310. The lowest BCUT2D eigenvalue weighted by Crippen LogP contribution is -1.83. The predicted molar refractivity (Wildman–Crippen MR) is 58.8 cm³/mol. The summed E-state index contributed by atoms with van der Waals surface area (Å²) in [6, 6.07) is 4.66. The van der Waals surface area contributed by atoms with Crippen LogP contribution in [0.2, 0.25) is 0 Å². The maximum atomic E-state index is 12.9. The SMILES string of the molecule is Cc1ccc(F)cc1C=CCCN=[N+]=[N-]. The molecule has 0 amide bonds. The van der Waals surface area contributed by atoms with Gasteiger partial charge in [0.1, 0.15) is 5.82 Å². The minimum atomic E-state index is -0.240. The lowest BCUT2D eigenvalue weighted by Gasteiger charge is -1.99. The van der Waals surface area contributed by atoms with E-state index in [9.17, 15) is 4.39 Å². The number of azide groups is 1. The van der Waals surface area contributed by atoms with Gasteiger partial charge in [0, 0.05) is 11.5 Å². The molecule has 0 bridgehead atoms. The number of aryl methyl sites for hydroxylation is 1. The lowest BCUT2D eigenvalue weighted by atomic mass is 10.1. The van der Waals surface area contributed by atoms with Crippen LogP contribution in [-0.2, 0) is 0 Å². The molecule has 0 aliphatic carbocycles. The first kappa shape index (κ1) is 11.3. The highest BCUT2D eigenvalue weighted by Crippen LogP contribution is 2.12. The van der Waals surface area contributed by atoms with Crippen molar-refractivity contribution in [2.45, 2.75) is 13.3 Å². The molecule has 0 aromatic heterocycles. The molecule has 78 valence electrons. The van der Waals surface area contributed by atoms with Crippen LogP contribution >= 0.6 is 0 Å². The summed E-state index contributed by atoms with van der Waals surface area (Å²) in [5.74, 6) is -0.240. The van der Waals surface area contributed by atoms with Crippen LogP contribution in [0.3, 0.4) is 0 Å². The zero-order valence-electron chi connectivity index (χ0n) is 8.52. The average molecular weight is 205 g/mol. The van der Waals surface area contributed by atoms with Crippen LogP contribution in [0.5, 0.6) is 0 Å². The summed E-state index contributed by atoms with van der Waals surface area (Å²) in [5, 5.41) is 3.40. The van der Waals surface area contributed by atoms with E-state index in [1.165, 1.54) is 12.1 Å². The Morgan fingerprint density at radius 2 is 2.33 bits per heavy atom. The van der Waals surface area contributed by atoms with Crippen molar-refractivity contribution in [1.82, 2.24) is 0 Å². The summed E-state index contributed by atoms with van der Waals surface area (Å²) in [6.45, 7) is 2.36. The minimum Gasteiger partial charge on any atom is -0.207 e. The zero-order chi connectivity index (χ0) is 11.1. The van der Waals surface area contributed by atoms with Crippen molar-refractivity contribution in [3.63, 3.8) is 0 Å². The lowest BCUT2D eigenvalue weighted by molar-refractivity contribution is 0.627. The Labute approximate surface area is 87.9 Å². The summed E-state index contributed by atoms with van der Waals surface area (Å²) in [5.41, 5.74) is 9.93. The first-order valence-corrected chi connectivity index (χ1v) is 4.67. The molecule has 0 unspecified atom stereocenters. The molecule has 4 heteroatoms. The Balaban J connectivity index is 2.63. The van der Waals surface area contributed by atoms with E-state index in [1.807, 2.05) is 19.1 Å². The van der Waals surface area contributed by atoms with Gasteiger partial charge in [0.25, 0.3) is 0 Å². The molecule has 0 aliphatic rings. The standard InChI is InChI=1S/C11H12FN3/c1-9-5-6-11(12)8-10(9)4-2-3-7-14-15-13/h2,4-6,8H,3,7H2,1H3. The van der Waals surface area contributed by atoms with Crippen molar-refractivity contribution < 1.29 is 4.39 Å². The first-order valence-electron chi connectivity index (χ1n) is 4.67. The second-order valence-electron chi connectivity index (χ2n) is 3.15. The van der Waals surface area contributed by atoms with E-state index < -0.39 is 0 Å². The monoisotopic (exact) mass is 205 g/mol. The van der Waals surface area contributed by atoms with Crippen molar-refractivity contribution in [3.8, 4) is 0 Å². The Morgan fingerprint density at radius 3 is 3.07 bits per heavy atom. The molecule has 0 heterocycles. The van der Waals surface area contributed by atoms with E-state index in [1.54, 1.807) is 6.07 Å². The molecule has 0 atom stereocenters. The van der Waals surface area contributed by atoms with Crippen LogP contribution in [0.25, 0.3) is 16.5 Å². The molecule has 0 N–H and O–H groups in total. The van der Waals surface area contributed by atoms with Crippen molar-refractivity contribution in [2.75, 3.05) is 6.54 Å². The molecule has 15 heavy (non-hydrogen) atoms. The van der Waals surface area contributed by atoms with Crippen LogP contribution < -0.4 is 0 Å². The van der Waals surface area contributed by atoms with Gasteiger partial charge in [-0.1, -0.05) is 23.3 Å². The molecule has 0 radical (unpaired) electrons. The molecule has 0 fully saturated rings. The number of nitrogens with zero attached hydrogens (tertiary/aromatic N) is 3. The molecule has 3 nitrogen and oxygen atoms in total. The minimum absolute atomic E-state index is 0.240. The smallest absolute Gasteiger partial charge is 0.123 e. The van der Waals surface area contributed by atoms with Gasteiger partial charge in [-0.05, 0) is 42.1 Å². The van der Waals surface area contributed by atoms with E-state index in [0.717, 1.165) is 11.1 Å². The van der Waals surface area contributed by atoms with Gasteiger partial charge in [0.2, 0.25) is 0 Å². The normalized spacial score (nSPS) is 10.3. The fourth-order valence-electron chi connectivity index (χ4n) is 1.18. The zero-order valence-corrected chi connectivity index (χ0v) is 8.52. The second-order valence-corrected chi connectivity index (χ2v) is 3.15. The van der Waals surface area contributed by atoms with E-state index in [-0.39, 0.29) is 5.82 Å². The summed E-state index contributed by atoms with van der Waals surface area (Å²) >= 11 is 0.